The van der Waals surface area contributed by atoms with E-state index in [9.17, 15) is 4.79 Å². The number of hydrogen-bond acceptors (Lipinski definition) is 5. The smallest absolute Gasteiger partial charge is 0.227 e. The summed E-state index contributed by atoms with van der Waals surface area (Å²) < 4.78 is 5.50. The number of nitrogens with zero attached hydrogens (tertiary/aromatic N) is 4. The van der Waals surface area contributed by atoms with Gasteiger partial charge in [-0.2, -0.15) is 0 Å². The van der Waals surface area contributed by atoms with Crippen LogP contribution in [0.3, 0.4) is 0 Å². The van der Waals surface area contributed by atoms with Crippen LogP contribution >= 0.6 is 0 Å². The number of rotatable bonds is 4. The number of imidazole rings is 1. The minimum Gasteiger partial charge on any atom is -0.381 e. The largest absolute Gasteiger partial charge is 0.381 e. The first-order valence-corrected chi connectivity index (χ1v) is 8.87. The third kappa shape index (κ3) is 4.34. The van der Waals surface area contributed by atoms with Gasteiger partial charge in [0.25, 0.3) is 0 Å². The maximum absolute atomic E-state index is 12.7. The van der Waals surface area contributed by atoms with Crippen molar-refractivity contribution in [2.75, 3.05) is 53.5 Å². The van der Waals surface area contributed by atoms with E-state index in [1.54, 1.807) is 11.1 Å². The Morgan fingerprint density at radius 3 is 2.79 bits per heavy atom. The lowest BCUT2D eigenvalue weighted by atomic mass is 10.0. The third-order valence-corrected chi connectivity index (χ3v) is 5.06. The summed E-state index contributed by atoms with van der Waals surface area (Å²) in [5, 5.41) is 0. The van der Waals surface area contributed by atoms with Crippen LogP contribution in [0.4, 0.5) is 0 Å². The van der Waals surface area contributed by atoms with Crippen molar-refractivity contribution < 1.29 is 9.53 Å². The van der Waals surface area contributed by atoms with E-state index in [1.807, 2.05) is 20.3 Å². The molecule has 0 saturated carbocycles. The highest BCUT2D eigenvalue weighted by molar-refractivity contribution is 5.78. The van der Waals surface area contributed by atoms with E-state index in [0.29, 0.717) is 6.04 Å². The van der Waals surface area contributed by atoms with Crippen molar-refractivity contribution >= 4 is 5.91 Å². The predicted octanol–water partition coefficient (Wildman–Crippen LogP) is 0.411. The molecule has 0 radical (unpaired) electrons. The Kier molecular flexibility index (Phi) is 5.86. The third-order valence-electron chi connectivity index (χ3n) is 5.06. The minimum absolute atomic E-state index is 0.0142. The van der Waals surface area contributed by atoms with Crippen LogP contribution in [-0.4, -0.2) is 90.1 Å². The molecule has 2 aliphatic heterocycles. The van der Waals surface area contributed by atoms with Crippen molar-refractivity contribution in [1.29, 1.82) is 0 Å². The highest BCUT2D eigenvalue weighted by atomic mass is 16.5. The Morgan fingerprint density at radius 2 is 2.12 bits per heavy atom. The summed E-state index contributed by atoms with van der Waals surface area (Å²) in [4.78, 5) is 26.7. The summed E-state index contributed by atoms with van der Waals surface area (Å²) in [6, 6.07) is 0.541. The van der Waals surface area contributed by atoms with E-state index in [1.165, 1.54) is 0 Å². The van der Waals surface area contributed by atoms with Gasteiger partial charge in [0.2, 0.25) is 5.91 Å². The van der Waals surface area contributed by atoms with Crippen LogP contribution in [0.15, 0.2) is 12.4 Å². The number of carbonyl (C=O) groups is 1. The first-order chi connectivity index (χ1) is 11.6. The molecule has 134 valence electrons. The highest BCUT2D eigenvalue weighted by Gasteiger charge is 2.32. The molecule has 7 heteroatoms. The van der Waals surface area contributed by atoms with Gasteiger partial charge in [0.1, 0.15) is 5.82 Å². The van der Waals surface area contributed by atoms with Crippen molar-refractivity contribution in [3.8, 4) is 0 Å². The zero-order valence-electron chi connectivity index (χ0n) is 14.8. The second-order valence-corrected chi connectivity index (χ2v) is 7.04. The van der Waals surface area contributed by atoms with Crippen molar-refractivity contribution in [2.45, 2.75) is 25.4 Å². The van der Waals surface area contributed by atoms with E-state index in [2.05, 4.69) is 19.8 Å². The summed E-state index contributed by atoms with van der Waals surface area (Å²) >= 11 is 0. The number of aromatic amines is 1. The van der Waals surface area contributed by atoms with Gasteiger partial charge in [-0.1, -0.05) is 0 Å². The molecule has 0 bridgehead atoms. The van der Waals surface area contributed by atoms with E-state index in [4.69, 9.17) is 4.74 Å². The summed E-state index contributed by atoms with van der Waals surface area (Å²) in [6.45, 7) is 6.05. The van der Waals surface area contributed by atoms with Gasteiger partial charge in [-0.15, -0.1) is 0 Å². The van der Waals surface area contributed by atoms with Gasteiger partial charge in [0, 0.05) is 71.9 Å². The topological polar surface area (TPSA) is 64.7 Å². The van der Waals surface area contributed by atoms with Gasteiger partial charge < -0.3 is 14.6 Å². The number of amides is 1. The second-order valence-electron chi connectivity index (χ2n) is 7.04. The van der Waals surface area contributed by atoms with Crippen molar-refractivity contribution in [3.63, 3.8) is 0 Å². The zero-order valence-corrected chi connectivity index (χ0v) is 14.8. The Bertz CT molecular complexity index is 513. The molecule has 1 aromatic rings. The number of nitrogens with one attached hydrogen (secondary N) is 1. The highest BCUT2D eigenvalue weighted by Crippen LogP contribution is 2.20. The monoisotopic (exact) mass is 335 g/mol. The Labute approximate surface area is 144 Å². The molecule has 3 rings (SSSR count). The lowest BCUT2D eigenvalue weighted by Crippen LogP contribution is -2.45. The fourth-order valence-corrected chi connectivity index (χ4v) is 3.75. The molecule has 0 unspecified atom stereocenters. The van der Waals surface area contributed by atoms with Gasteiger partial charge in [0.15, 0.2) is 0 Å². The van der Waals surface area contributed by atoms with Gasteiger partial charge in [-0.05, 0) is 12.8 Å². The van der Waals surface area contributed by atoms with Crippen LogP contribution < -0.4 is 0 Å². The van der Waals surface area contributed by atoms with Gasteiger partial charge in [-0.3, -0.25) is 14.6 Å². The predicted molar refractivity (Wildman–Crippen MR) is 91.5 cm³/mol. The van der Waals surface area contributed by atoms with E-state index in [0.717, 1.165) is 64.6 Å². The fraction of sp³-hybridized carbons (Fsp3) is 0.765. The summed E-state index contributed by atoms with van der Waals surface area (Å²) in [5.74, 6) is 1.20. The van der Waals surface area contributed by atoms with Crippen molar-refractivity contribution in [2.24, 2.45) is 5.92 Å². The van der Waals surface area contributed by atoms with Gasteiger partial charge in [-0.25, -0.2) is 4.98 Å². The van der Waals surface area contributed by atoms with Crippen LogP contribution in [0, 0.1) is 5.92 Å². The maximum Gasteiger partial charge on any atom is 0.227 e. The van der Waals surface area contributed by atoms with Crippen LogP contribution in [0.2, 0.25) is 0 Å². The molecule has 2 fully saturated rings. The second kappa shape index (κ2) is 8.09. The molecule has 0 spiro atoms. The summed E-state index contributed by atoms with van der Waals surface area (Å²) in [5.41, 5.74) is 0. The van der Waals surface area contributed by atoms with Crippen LogP contribution in [0.5, 0.6) is 0 Å². The van der Waals surface area contributed by atoms with E-state index in [-0.39, 0.29) is 11.8 Å². The molecule has 2 aliphatic rings. The molecular formula is C17H29N5O2. The Hall–Kier alpha value is -1.44. The average Bonchev–Trinajstić information content (AvgIpc) is 3.00. The van der Waals surface area contributed by atoms with Crippen molar-refractivity contribution in [1.82, 2.24) is 24.7 Å². The minimum atomic E-state index is 0.0142. The molecule has 7 nitrogen and oxygen atoms in total. The molecule has 1 N–H and O–H groups in total. The first kappa shape index (κ1) is 17.4. The maximum atomic E-state index is 12.7. The molecular weight excluding hydrogens is 306 g/mol. The number of aromatic nitrogens is 2. The van der Waals surface area contributed by atoms with Gasteiger partial charge in [0.05, 0.1) is 12.5 Å². The zero-order chi connectivity index (χ0) is 16.9. The molecule has 3 heterocycles. The molecule has 0 aliphatic carbocycles. The standard InChI is InChI=1S/C17H29N5O2/c1-20(2)17(23)14-11-21(13-16-18-5-6-19-16)7-8-22(12-14)15-3-9-24-10-4-15/h5-6,14-15H,3-4,7-13H2,1-2H3,(H,18,19)/t14-/m0/s1. The number of H-pyrrole nitrogens is 1. The molecule has 24 heavy (non-hydrogen) atoms. The van der Waals surface area contributed by atoms with Crippen LogP contribution in [-0.2, 0) is 16.1 Å². The fourth-order valence-electron chi connectivity index (χ4n) is 3.75. The van der Waals surface area contributed by atoms with E-state index >= 15 is 0 Å². The molecule has 1 aromatic heterocycles. The normalized spacial score (nSPS) is 24.7. The van der Waals surface area contributed by atoms with Gasteiger partial charge >= 0.3 is 0 Å². The summed E-state index contributed by atoms with van der Waals surface area (Å²) in [7, 11) is 3.70. The van der Waals surface area contributed by atoms with Crippen LogP contribution in [0.25, 0.3) is 0 Å². The van der Waals surface area contributed by atoms with Crippen LogP contribution in [0.1, 0.15) is 18.7 Å². The molecule has 1 atom stereocenters. The van der Waals surface area contributed by atoms with E-state index < -0.39 is 0 Å². The quantitative estimate of drug-likeness (QED) is 0.863. The number of carbonyl (C=O) groups excluding carboxylic acids is 1. The molecule has 1 amide bonds. The Morgan fingerprint density at radius 1 is 1.33 bits per heavy atom. The SMILES string of the molecule is CN(C)C(=O)[C@H]1CN(Cc2ncc[nH]2)CCN(C2CCOCC2)C1. The summed E-state index contributed by atoms with van der Waals surface area (Å²) in [6.07, 6.45) is 5.77. The molecule has 2 saturated heterocycles. The first-order valence-electron chi connectivity index (χ1n) is 8.87. The lowest BCUT2D eigenvalue weighted by Gasteiger charge is -2.34. The Balaban J connectivity index is 1.70. The lowest BCUT2D eigenvalue weighted by molar-refractivity contribution is -0.134. The molecule has 0 aromatic carbocycles. The number of hydrogen-bond donors (Lipinski definition) is 1. The van der Waals surface area contributed by atoms with Crippen molar-refractivity contribution in [3.05, 3.63) is 18.2 Å². The number of ether oxygens (including phenoxy) is 1. The average molecular weight is 335 g/mol.